The molecular weight excluding hydrogens is 374 g/mol. The van der Waals surface area contributed by atoms with Crippen LogP contribution >= 0.6 is 0 Å². The van der Waals surface area contributed by atoms with Gasteiger partial charge in [-0.15, -0.1) is 10.2 Å². The second-order valence-corrected chi connectivity index (χ2v) is 5.66. The smallest absolute Gasteiger partial charge is 0.263 e. The summed E-state index contributed by atoms with van der Waals surface area (Å²) in [4.78, 5) is 13.2. The van der Waals surface area contributed by atoms with Crippen LogP contribution in [0.4, 0.5) is 0 Å². The Hall–Kier alpha value is -4.26. The number of carbonyl (C=O) groups excluding carboxylic acids is 1. The Balaban J connectivity index is 1.56. The topological polar surface area (TPSA) is 127 Å². The number of amides is 1. The number of nitrogens with zero attached hydrogens (tertiary/aromatic N) is 6. The van der Waals surface area contributed by atoms with Crippen LogP contribution in [0.1, 0.15) is 5.56 Å². The first-order chi connectivity index (χ1) is 14.2. The number of benzene rings is 2. The van der Waals surface area contributed by atoms with Crippen molar-refractivity contribution in [3.63, 3.8) is 0 Å². The molecule has 1 heterocycles. The quantitative estimate of drug-likeness (QED) is 0.454. The molecule has 1 N–H and O–H groups in total. The van der Waals surface area contributed by atoms with Crippen molar-refractivity contribution in [3.8, 4) is 29.0 Å². The molecule has 29 heavy (non-hydrogen) atoms. The molecule has 0 atom stereocenters. The number of hydrazone groups is 1. The second-order valence-electron chi connectivity index (χ2n) is 5.66. The zero-order chi connectivity index (χ0) is 20.5. The van der Waals surface area contributed by atoms with E-state index in [1.54, 1.807) is 18.2 Å². The van der Waals surface area contributed by atoms with E-state index in [0.717, 1.165) is 5.56 Å². The summed E-state index contributed by atoms with van der Waals surface area (Å²) in [7, 11) is 1.49. The van der Waals surface area contributed by atoms with E-state index in [-0.39, 0.29) is 13.2 Å². The van der Waals surface area contributed by atoms with Crippen molar-refractivity contribution < 1.29 is 14.3 Å². The molecule has 0 aliphatic carbocycles. The van der Waals surface area contributed by atoms with Gasteiger partial charge in [-0.2, -0.15) is 15.2 Å². The zero-order valence-electron chi connectivity index (χ0n) is 15.5. The maximum atomic E-state index is 12.0. The van der Waals surface area contributed by atoms with Gasteiger partial charge in [0, 0.05) is 5.56 Å². The Kier molecular flexibility index (Phi) is 6.46. The highest BCUT2D eigenvalue weighted by molar-refractivity contribution is 5.83. The molecule has 0 aliphatic rings. The van der Waals surface area contributed by atoms with E-state index >= 15 is 0 Å². The van der Waals surface area contributed by atoms with Crippen molar-refractivity contribution in [1.29, 1.82) is 5.26 Å². The molecule has 0 unspecified atom stereocenters. The fourth-order valence-electron chi connectivity index (χ4n) is 2.35. The normalized spacial score (nSPS) is 10.5. The number of aromatic nitrogens is 4. The summed E-state index contributed by atoms with van der Waals surface area (Å²) in [6.07, 6.45) is 1.46. The van der Waals surface area contributed by atoms with Crippen molar-refractivity contribution in [2.24, 2.45) is 5.10 Å². The standard InChI is InChI=1S/C19H17N7O3/c1-28-17-11-14(7-8-16(17)29-10-9-20)12-21-22-18(27)13-26-24-19(23-25-26)15-5-3-2-4-6-15/h2-8,11-12H,10,13H2,1H3,(H,22,27)/b21-12+. The molecule has 0 radical (unpaired) electrons. The molecule has 0 saturated heterocycles. The SMILES string of the molecule is COc1cc(/C=N/NC(=O)Cn2nnc(-c3ccccc3)n2)ccc1OCC#N. The van der Waals surface area contributed by atoms with Crippen molar-refractivity contribution >= 4 is 12.1 Å². The molecule has 0 fully saturated rings. The minimum atomic E-state index is -0.404. The summed E-state index contributed by atoms with van der Waals surface area (Å²) < 4.78 is 10.5. The first-order valence-corrected chi connectivity index (χ1v) is 8.52. The van der Waals surface area contributed by atoms with Crippen LogP contribution in [0.3, 0.4) is 0 Å². The van der Waals surface area contributed by atoms with Gasteiger partial charge < -0.3 is 9.47 Å². The van der Waals surface area contributed by atoms with E-state index in [1.165, 1.54) is 18.1 Å². The average molecular weight is 391 g/mol. The van der Waals surface area contributed by atoms with Crippen LogP contribution in [-0.2, 0) is 11.3 Å². The van der Waals surface area contributed by atoms with E-state index in [4.69, 9.17) is 14.7 Å². The number of methoxy groups -OCH3 is 1. The highest BCUT2D eigenvalue weighted by Crippen LogP contribution is 2.27. The minimum absolute atomic E-state index is 0.0812. The van der Waals surface area contributed by atoms with E-state index in [2.05, 4.69) is 25.9 Å². The summed E-state index contributed by atoms with van der Waals surface area (Å²) in [5.41, 5.74) is 3.89. The predicted molar refractivity (Wildman–Crippen MR) is 103 cm³/mol. The number of tetrazole rings is 1. The molecule has 0 bridgehead atoms. The van der Waals surface area contributed by atoms with Crippen LogP contribution in [0.15, 0.2) is 53.6 Å². The fourth-order valence-corrected chi connectivity index (χ4v) is 2.35. The van der Waals surface area contributed by atoms with Gasteiger partial charge in [0.2, 0.25) is 5.82 Å². The zero-order valence-corrected chi connectivity index (χ0v) is 15.5. The molecule has 2 aromatic carbocycles. The number of hydrogen-bond acceptors (Lipinski definition) is 8. The van der Waals surface area contributed by atoms with E-state index in [9.17, 15) is 4.79 Å². The highest BCUT2D eigenvalue weighted by atomic mass is 16.5. The molecule has 0 spiro atoms. The van der Waals surface area contributed by atoms with Crippen LogP contribution in [-0.4, -0.2) is 46.0 Å². The third-order valence-electron chi connectivity index (χ3n) is 3.65. The summed E-state index contributed by atoms with van der Waals surface area (Å²) in [5.74, 6) is 0.935. The summed E-state index contributed by atoms with van der Waals surface area (Å²) in [6.45, 7) is -0.205. The molecule has 0 aliphatic heterocycles. The van der Waals surface area contributed by atoms with E-state index in [1.807, 2.05) is 36.4 Å². The lowest BCUT2D eigenvalue weighted by molar-refractivity contribution is -0.122. The molecule has 3 aromatic rings. The average Bonchev–Trinajstić information content (AvgIpc) is 3.21. The lowest BCUT2D eigenvalue weighted by atomic mass is 10.2. The van der Waals surface area contributed by atoms with Crippen molar-refractivity contribution in [1.82, 2.24) is 25.6 Å². The van der Waals surface area contributed by atoms with Gasteiger partial charge in [0.15, 0.2) is 18.1 Å². The van der Waals surface area contributed by atoms with Gasteiger partial charge >= 0.3 is 0 Å². The van der Waals surface area contributed by atoms with Gasteiger partial charge in [-0.05, 0) is 29.0 Å². The van der Waals surface area contributed by atoms with Crippen LogP contribution in [0.25, 0.3) is 11.4 Å². The van der Waals surface area contributed by atoms with Crippen molar-refractivity contribution in [2.75, 3.05) is 13.7 Å². The number of carbonyl (C=O) groups is 1. The molecule has 10 heteroatoms. The maximum absolute atomic E-state index is 12.0. The van der Waals surface area contributed by atoms with Gasteiger partial charge in [0.05, 0.1) is 13.3 Å². The first kappa shape index (κ1) is 19.5. The monoisotopic (exact) mass is 391 g/mol. The second kappa shape index (κ2) is 9.61. The van der Waals surface area contributed by atoms with Crippen LogP contribution < -0.4 is 14.9 Å². The molecule has 146 valence electrons. The number of hydrogen-bond donors (Lipinski definition) is 1. The Morgan fingerprint density at radius 1 is 1.28 bits per heavy atom. The molecule has 10 nitrogen and oxygen atoms in total. The Bertz CT molecular complexity index is 1040. The summed E-state index contributed by atoms with van der Waals surface area (Å²) in [5, 5.41) is 24.5. The first-order valence-electron chi connectivity index (χ1n) is 8.52. The number of nitriles is 1. The molecule has 1 aromatic heterocycles. The number of nitrogens with one attached hydrogen (secondary N) is 1. The highest BCUT2D eigenvalue weighted by Gasteiger charge is 2.09. The third kappa shape index (κ3) is 5.36. The summed E-state index contributed by atoms with van der Waals surface area (Å²) in [6, 6.07) is 16.3. The van der Waals surface area contributed by atoms with Gasteiger partial charge in [-0.25, -0.2) is 5.43 Å². The number of rotatable bonds is 8. The van der Waals surface area contributed by atoms with Crippen LogP contribution in [0, 0.1) is 11.3 Å². The molecular formula is C19H17N7O3. The van der Waals surface area contributed by atoms with Crippen LogP contribution in [0.5, 0.6) is 11.5 Å². The van der Waals surface area contributed by atoms with Crippen LogP contribution in [0.2, 0.25) is 0 Å². The largest absolute Gasteiger partial charge is 0.493 e. The molecule has 1 amide bonds. The Labute approximate surface area is 166 Å². The fraction of sp³-hybridized carbons (Fsp3) is 0.158. The lowest BCUT2D eigenvalue weighted by Crippen LogP contribution is -2.24. The van der Waals surface area contributed by atoms with E-state index < -0.39 is 5.91 Å². The van der Waals surface area contributed by atoms with Gasteiger partial charge in [-0.1, -0.05) is 30.3 Å². The predicted octanol–water partition coefficient (Wildman–Crippen LogP) is 1.40. The van der Waals surface area contributed by atoms with Crippen molar-refractivity contribution in [3.05, 3.63) is 54.1 Å². The minimum Gasteiger partial charge on any atom is -0.493 e. The molecule has 0 saturated carbocycles. The maximum Gasteiger partial charge on any atom is 0.263 e. The van der Waals surface area contributed by atoms with Gasteiger partial charge in [-0.3, -0.25) is 4.79 Å². The summed E-state index contributed by atoms with van der Waals surface area (Å²) >= 11 is 0. The lowest BCUT2D eigenvalue weighted by Gasteiger charge is -2.08. The number of ether oxygens (including phenoxy) is 2. The van der Waals surface area contributed by atoms with Crippen molar-refractivity contribution in [2.45, 2.75) is 6.54 Å². The Morgan fingerprint density at radius 3 is 2.86 bits per heavy atom. The van der Waals surface area contributed by atoms with Gasteiger partial charge in [0.25, 0.3) is 5.91 Å². The van der Waals surface area contributed by atoms with E-state index in [0.29, 0.717) is 22.9 Å². The Morgan fingerprint density at radius 2 is 2.10 bits per heavy atom. The van der Waals surface area contributed by atoms with Gasteiger partial charge in [0.1, 0.15) is 12.6 Å². The third-order valence-corrected chi connectivity index (χ3v) is 3.65. The molecule has 3 rings (SSSR count).